The second-order valence-electron chi connectivity index (χ2n) is 2.48. The Morgan fingerprint density at radius 1 is 1.33 bits per heavy atom. The zero-order valence-corrected chi connectivity index (χ0v) is 9.15. The summed E-state index contributed by atoms with van der Waals surface area (Å²) in [7, 11) is 7.32. The van der Waals surface area contributed by atoms with Gasteiger partial charge >= 0.3 is 0 Å². The molecule has 0 saturated carbocycles. The van der Waals surface area contributed by atoms with Gasteiger partial charge in [-0.2, -0.15) is 0 Å². The van der Waals surface area contributed by atoms with E-state index in [-0.39, 0.29) is 0 Å². The summed E-state index contributed by atoms with van der Waals surface area (Å²) in [4.78, 5) is 2.00. The Kier molecular flexibility index (Phi) is 14.5. The van der Waals surface area contributed by atoms with Gasteiger partial charge in [0.2, 0.25) is 0 Å². The van der Waals surface area contributed by atoms with E-state index in [1.165, 1.54) is 22.7 Å². The van der Waals surface area contributed by atoms with E-state index >= 15 is 0 Å². The molecule has 0 saturated heterocycles. The maximum absolute atomic E-state index is 5.16. The Hall–Kier alpha value is 0.137. The van der Waals surface area contributed by atoms with Gasteiger partial charge in [-0.25, -0.2) is 0 Å². The van der Waals surface area contributed by atoms with Gasteiger partial charge in [0.1, 0.15) is 0 Å². The number of nitrogens with two attached hydrogens (primary N) is 1. The first-order chi connectivity index (χ1) is 4.15. The van der Waals surface area contributed by atoms with Crippen LogP contribution >= 0.6 is 0 Å². The van der Waals surface area contributed by atoms with Crippen LogP contribution in [0.15, 0.2) is 0 Å². The average molecular weight is 148 g/mol. The standard InChI is InChI=1S/C3H11NSi.C3H9N/c4-2-1-3-5;1-4(2)3/h1-4H2,5H3;1-3H3. The molecule has 0 aromatic carbocycles. The lowest BCUT2D eigenvalue weighted by Crippen LogP contribution is -1.99. The lowest BCUT2D eigenvalue weighted by atomic mass is 10.5. The molecule has 0 bridgehead atoms. The van der Waals surface area contributed by atoms with Crippen molar-refractivity contribution in [3.63, 3.8) is 0 Å². The van der Waals surface area contributed by atoms with Gasteiger partial charge in [0.05, 0.1) is 0 Å². The number of nitrogens with zero attached hydrogens (tertiary/aromatic N) is 1. The van der Waals surface area contributed by atoms with Crippen LogP contribution in [-0.4, -0.2) is 42.8 Å². The molecule has 0 rings (SSSR count). The van der Waals surface area contributed by atoms with Crippen molar-refractivity contribution < 1.29 is 0 Å². The Balaban J connectivity index is 0. The second-order valence-corrected chi connectivity index (χ2v) is 3.48. The monoisotopic (exact) mass is 148 g/mol. The fraction of sp³-hybridized carbons (Fsp3) is 1.00. The zero-order chi connectivity index (χ0) is 7.70. The van der Waals surface area contributed by atoms with Crippen LogP contribution in [-0.2, 0) is 0 Å². The van der Waals surface area contributed by atoms with Gasteiger partial charge in [0, 0.05) is 10.2 Å². The summed E-state index contributed by atoms with van der Waals surface area (Å²) in [5.41, 5.74) is 5.16. The molecule has 9 heavy (non-hydrogen) atoms. The third-order valence-electron chi connectivity index (χ3n) is 0.558. The molecule has 0 radical (unpaired) electrons. The molecule has 0 aromatic rings. The lowest BCUT2D eigenvalue weighted by molar-refractivity contribution is 0.505. The maximum atomic E-state index is 5.16. The minimum Gasteiger partial charge on any atom is -0.330 e. The fourth-order valence-corrected chi connectivity index (χ4v) is 0.612. The van der Waals surface area contributed by atoms with Crippen molar-refractivity contribution in [3.8, 4) is 0 Å². The molecule has 0 aliphatic rings. The first-order valence-corrected chi connectivity index (χ1v) is 4.87. The molecule has 2 N–H and O–H groups in total. The quantitative estimate of drug-likeness (QED) is 0.525. The molecular formula is C6H20N2Si. The number of hydrogen-bond acceptors (Lipinski definition) is 2. The van der Waals surface area contributed by atoms with Crippen molar-refractivity contribution in [2.45, 2.75) is 12.5 Å². The molecule has 58 valence electrons. The first-order valence-electron chi connectivity index (χ1n) is 3.46. The molecule has 0 heterocycles. The van der Waals surface area contributed by atoms with Crippen LogP contribution in [0, 0.1) is 0 Å². The van der Waals surface area contributed by atoms with Gasteiger partial charge < -0.3 is 10.6 Å². The van der Waals surface area contributed by atoms with Gasteiger partial charge in [0.15, 0.2) is 0 Å². The topological polar surface area (TPSA) is 29.3 Å². The van der Waals surface area contributed by atoms with Crippen molar-refractivity contribution in [1.29, 1.82) is 0 Å². The Labute approximate surface area is 61.8 Å². The van der Waals surface area contributed by atoms with Gasteiger partial charge in [-0.15, -0.1) is 0 Å². The molecule has 0 unspecified atom stereocenters. The van der Waals surface area contributed by atoms with E-state index in [2.05, 4.69) is 0 Å². The van der Waals surface area contributed by atoms with Crippen molar-refractivity contribution >= 4 is 10.2 Å². The second kappa shape index (κ2) is 11.0. The summed E-state index contributed by atoms with van der Waals surface area (Å²) < 4.78 is 0. The SMILES string of the molecule is CN(C)C.NCCC[SiH3]. The Morgan fingerprint density at radius 2 is 1.67 bits per heavy atom. The van der Waals surface area contributed by atoms with Crippen molar-refractivity contribution in [3.05, 3.63) is 0 Å². The summed E-state index contributed by atoms with van der Waals surface area (Å²) in [6.45, 7) is 0.878. The molecule has 0 fully saturated rings. The molecular weight excluding hydrogens is 128 g/mol. The third kappa shape index (κ3) is 67.1. The fourth-order valence-electron chi connectivity index (χ4n) is 0.204. The first kappa shape index (κ1) is 11.9. The molecule has 0 atom stereocenters. The van der Waals surface area contributed by atoms with Gasteiger partial charge in [-0.05, 0) is 34.1 Å². The summed E-state index contributed by atoms with van der Waals surface area (Å²) >= 11 is 0. The average Bonchev–Trinajstić information content (AvgIpc) is 1.66. The lowest BCUT2D eigenvalue weighted by Gasteiger charge is -1.90. The van der Waals surface area contributed by atoms with Gasteiger partial charge in [-0.3, -0.25) is 0 Å². The highest BCUT2D eigenvalue weighted by atomic mass is 28.1. The van der Waals surface area contributed by atoms with E-state index in [1.54, 1.807) is 0 Å². The minimum absolute atomic E-state index is 0.878. The van der Waals surface area contributed by atoms with E-state index in [0.717, 1.165) is 6.54 Å². The molecule has 0 aliphatic carbocycles. The van der Waals surface area contributed by atoms with E-state index < -0.39 is 0 Å². The van der Waals surface area contributed by atoms with Gasteiger partial charge in [-0.1, -0.05) is 6.04 Å². The van der Waals surface area contributed by atoms with Gasteiger partial charge in [0.25, 0.3) is 0 Å². The largest absolute Gasteiger partial charge is 0.330 e. The molecule has 0 spiro atoms. The summed E-state index contributed by atoms with van der Waals surface area (Å²) in [6, 6.07) is 1.36. The zero-order valence-electron chi connectivity index (χ0n) is 7.15. The number of hydrogen-bond donors (Lipinski definition) is 1. The van der Waals surface area contributed by atoms with Crippen LogP contribution in [0.5, 0.6) is 0 Å². The van der Waals surface area contributed by atoms with Crippen molar-refractivity contribution in [2.24, 2.45) is 5.73 Å². The molecule has 0 aromatic heterocycles. The molecule has 0 amide bonds. The van der Waals surface area contributed by atoms with E-state index in [9.17, 15) is 0 Å². The van der Waals surface area contributed by atoms with Crippen LogP contribution in [0.1, 0.15) is 6.42 Å². The predicted molar refractivity (Wildman–Crippen MR) is 48.0 cm³/mol. The van der Waals surface area contributed by atoms with Crippen LogP contribution in [0.2, 0.25) is 6.04 Å². The normalized spacial score (nSPS) is 9.00. The summed E-state index contributed by atoms with van der Waals surface area (Å²) in [6.07, 6.45) is 1.23. The van der Waals surface area contributed by atoms with Crippen LogP contribution in [0.4, 0.5) is 0 Å². The maximum Gasteiger partial charge on any atom is 0.00286 e. The van der Waals surface area contributed by atoms with E-state index in [4.69, 9.17) is 5.73 Å². The minimum atomic E-state index is 0.878. The van der Waals surface area contributed by atoms with Crippen molar-refractivity contribution in [2.75, 3.05) is 27.7 Å². The predicted octanol–water partition coefficient (Wildman–Crippen LogP) is -0.703. The number of rotatable bonds is 2. The highest BCUT2D eigenvalue weighted by molar-refractivity contribution is 6.08. The molecule has 2 nitrogen and oxygen atoms in total. The summed E-state index contributed by atoms with van der Waals surface area (Å²) in [5, 5.41) is 0. The van der Waals surface area contributed by atoms with Crippen LogP contribution in [0.3, 0.4) is 0 Å². The van der Waals surface area contributed by atoms with Crippen molar-refractivity contribution in [1.82, 2.24) is 4.90 Å². The summed E-state index contributed by atoms with van der Waals surface area (Å²) in [5.74, 6) is 0. The molecule has 0 aliphatic heterocycles. The van der Waals surface area contributed by atoms with E-state index in [1.807, 2.05) is 26.0 Å². The Bertz CT molecular complexity index is 35.3. The van der Waals surface area contributed by atoms with Crippen LogP contribution in [0.25, 0.3) is 0 Å². The van der Waals surface area contributed by atoms with Crippen LogP contribution < -0.4 is 5.73 Å². The highest BCUT2D eigenvalue weighted by Gasteiger charge is 1.68. The third-order valence-corrected chi connectivity index (χ3v) is 1.26. The smallest absolute Gasteiger partial charge is 0.00286 e. The molecule has 3 heteroatoms. The Morgan fingerprint density at radius 3 is 1.67 bits per heavy atom. The highest BCUT2D eigenvalue weighted by Crippen LogP contribution is 1.74. The van der Waals surface area contributed by atoms with E-state index in [0.29, 0.717) is 0 Å².